The van der Waals surface area contributed by atoms with Gasteiger partial charge in [0.05, 0.1) is 11.2 Å². The first-order valence-electron chi connectivity index (χ1n) is 6.60. The number of aromatic nitrogens is 3. The van der Waals surface area contributed by atoms with Gasteiger partial charge in [-0.25, -0.2) is 9.37 Å². The quantitative estimate of drug-likeness (QED) is 0.630. The molecule has 0 N–H and O–H groups in total. The van der Waals surface area contributed by atoms with Gasteiger partial charge in [0.2, 0.25) is 5.82 Å². The second-order valence-corrected chi connectivity index (χ2v) is 5.98. The maximum absolute atomic E-state index is 12.9. The molecule has 0 saturated carbocycles. The van der Waals surface area contributed by atoms with Crippen molar-refractivity contribution in [2.75, 3.05) is 0 Å². The van der Waals surface area contributed by atoms with Crippen molar-refractivity contribution in [1.82, 2.24) is 15.1 Å². The summed E-state index contributed by atoms with van der Waals surface area (Å²) in [7, 11) is 0. The monoisotopic (exact) mass is 397 g/mol. The predicted octanol–water partition coefficient (Wildman–Crippen LogP) is 4.83. The largest absolute Gasteiger partial charge is 0.481 e. The minimum Gasteiger partial charge on any atom is -0.481 e. The van der Waals surface area contributed by atoms with Crippen LogP contribution in [0.15, 0.2) is 45.5 Å². The highest BCUT2D eigenvalue weighted by Gasteiger charge is 2.18. The minimum absolute atomic E-state index is 0.192. The smallest absolute Gasteiger partial charge is 0.276 e. The normalized spacial score (nSPS) is 12.2. The van der Waals surface area contributed by atoms with Gasteiger partial charge in [-0.05, 0) is 37.3 Å². The SMILES string of the molecule is CC(Oc1ccc(Br)cc1Cl)c1noc(-c2ccc(F)cn2)n1. The molecule has 3 aromatic rings. The number of rotatable bonds is 4. The molecule has 1 aromatic carbocycles. The summed E-state index contributed by atoms with van der Waals surface area (Å²) in [6.07, 6.45) is 0.604. The van der Waals surface area contributed by atoms with Crippen molar-refractivity contribution in [3.05, 3.63) is 57.7 Å². The van der Waals surface area contributed by atoms with Gasteiger partial charge in [-0.15, -0.1) is 0 Å². The van der Waals surface area contributed by atoms with E-state index in [9.17, 15) is 4.39 Å². The van der Waals surface area contributed by atoms with Crippen LogP contribution in [0.2, 0.25) is 5.02 Å². The van der Waals surface area contributed by atoms with Crippen molar-refractivity contribution in [2.45, 2.75) is 13.0 Å². The molecule has 8 heteroatoms. The first-order chi connectivity index (χ1) is 11.0. The first-order valence-corrected chi connectivity index (χ1v) is 7.77. The van der Waals surface area contributed by atoms with Crippen LogP contribution in [-0.4, -0.2) is 15.1 Å². The standard InChI is InChI=1S/C15H10BrClFN3O2/c1-8(22-13-5-2-9(16)6-11(13)17)14-20-15(23-21-14)12-4-3-10(18)7-19-12/h2-8H,1H3. The number of ether oxygens (including phenoxy) is 1. The molecule has 23 heavy (non-hydrogen) atoms. The Labute approximate surface area is 144 Å². The van der Waals surface area contributed by atoms with Gasteiger partial charge < -0.3 is 9.26 Å². The Morgan fingerprint density at radius 2 is 2.13 bits per heavy atom. The van der Waals surface area contributed by atoms with Gasteiger partial charge in [0.25, 0.3) is 5.89 Å². The number of halogens is 3. The summed E-state index contributed by atoms with van der Waals surface area (Å²) in [5.41, 5.74) is 0.388. The molecule has 3 rings (SSSR count). The molecule has 0 spiro atoms. The van der Waals surface area contributed by atoms with Gasteiger partial charge in [-0.3, -0.25) is 0 Å². The molecular formula is C15H10BrClFN3O2. The fourth-order valence-electron chi connectivity index (χ4n) is 1.82. The fraction of sp³-hybridized carbons (Fsp3) is 0.133. The molecule has 0 amide bonds. The maximum Gasteiger partial charge on any atom is 0.276 e. The van der Waals surface area contributed by atoms with Crippen molar-refractivity contribution in [2.24, 2.45) is 0 Å². The average molecular weight is 399 g/mol. The molecule has 5 nitrogen and oxygen atoms in total. The molecule has 0 aliphatic carbocycles. The van der Waals surface area contributed by atoms with Crippen LogP contribution in [0, 0.1) is 5.82 Å². The number of hydrogen-bond donors (Lipinski definition) is 0. The molecule has 0 saturated heterocycles. The van der Waals surface area contributed by atoms with E-state index in [1.54, 1.807) is 19.1 Å². The van der Waals surface area contributed by atoms with Crippen molar-refractivity contribution >= 4 is 27.5 Å². The Morgan fingerprint density at radius 1 is 1.30 bits per heavy atom. The molecule has 2 heterocycles. The summed E-state index contributed by atoms with van der Waals surface area (Å²) < 4.78 is 24.6. The van der Waals surface area contributed by atoms with Gasteiger partial charge in [0.15, 0.2) is 6.10 Å². The molecule has 0 radical (unpaired) electrons. The van der Waals surface area contributed by atoms with E-state index in [0.29, 0.717) is 22.3 Å². The highest BCUT2D eigenvalue weighted by Crippen LogP contribution is 2.31. The first kappa shape index (κ1) is 15.9. The highest BCUT2D eigenvalue weighted by molar-refractivity contribution is 9.10. The van der Waals surface area contributed by atoms with Crippen LogP contribution >= 0.6 is 27.5 Å². The van der Waals surface area contributed by atoms with Crippen molar-refractivity contribution in [3.63, 3.8) is 0 Å². The second kappa shape index (κ2) is 6.64. The fourth-order valence-corrected chi connectivity index (χ4v) is 2.54. The van der Waals surface area contributed by atoms with Crippen LogP contribution in [0.25, 0.3) is 11.6 Å². The van der Waals surface area contributed by atoms with Crippen molar-refractivity contribution < 1.29 is 13.7 Å². The minimum atomic E-state index is -0.480. The third-order valence-corrected chi connectivity index (χ3v) is 3.74. The van der Waals surface area contributed by atoms with Crippen molar-refractivity contribution in [3.8, 4) is 17.3 Å². The summed E-state index contributed by atoms with van der Waals surface area (Å²) >= 11 is 9.44. The number of hydrogen-bond acceptors (Lipinski definition) is 5. The van der Waals surface area contributed by atoms with Gasteiger partial charge in [-0.1, -0.05) is 32.7 Å². The van der Waals surface area contributed by atoms with Gasteiger partial charge in [-0.2, -0.15) is 4.98 Å². The third kappa shape index (κ3) is 3.68. The van der Waals surface area contributed by atoms with Gasteiger partial charge >= 0.3 is 0 Å². The average Bonchev–Trinajstić information content (AvgIpc) is 3.01. The molecule has 1 unspecified atom stereocenters. The lowest BCUT2D eigenvalue weighted by Gasteiger charge is -2.12. The third-order valence-electron chi connectivity index (χ3n) is 2.95. The molecule has 0 fully saturated rings. The lowest BCUT2D eigenvalue weighted by atomic mass is 10.3. The number of benzene rings is 1. The number of pyridine rings is 1. The Bertz CT molecular complexity index is 826. The zero-order valence-corrected chi connectivity index (χ0v) is 14.2. The summed E-state index contributed by atoms with van der Waals surface area (Å²) in [6.45, 7) is 1.77. The van der Waals surface area contributed by atoms with Crippen molar-refractivity contribution in [1.29, 1.82) is 0 Å². The lowest BCUT2D eigenvalue weighted by Crippen LogP contribution is -2.05. The van der Waals surface area contributed by atoms with Gasteiger partial charge in [0.1, 0.15) is 17.3 Å². The summed E-state index contributed by atoms with van der Waals surface area (Å²) in [4.78, 5) is 8.10. The molecule has 0 aliphatic rings. The highest BCUT2D eigenvalue weighted by atomic mass is 79.9. The van der Waals surface area contributed by atoms with E-state index < -0.39 is 11.9 Å². The van der Waals surface area contributed by atoms with Gasteiger partial charge in [0, 0.05) is 4.47 Å². The van der Waals surface area contributed by atoms with Crippen LogP contribution in [0.1, 0.15) is 18.9 Å². The van der Waals surface area contributed by atoms with E-state index in [0.717, 1.165) is 10.7 Å². The van der Waals surface area contributed by atoms with Crippen LogP contribution in [0.3, 0.4) is 0 Å². The molecule has 2 aromatic heterocycles. The van der Waals surface area contributed by atoms with E-state index in [-0.39, 0.29) is 5.89 Å². The summed E-state index contributed by atoms with van der Waals surface area (Å²) in [5.74, 6) is 0.603. The van der Waals surface area contributed by atoms with E-state index in [4.69, 9.17) is 20.9 Å². The Morgan fingerprint density at radius 3 is 2.83 bits per heavy atom. The predicted molar refractivity (Wildman–Crippen MR) is 85.7 cm³/mol. The van der Waals surface area contributed by atoms with Crippen LogP contribution in [0.5, 0.6) is 5.75 Å². The van der Waals surface area contributed by atoms with E-state index in [1.165, 1.54) is 12.1 Å². The Kier molecular flexibility index (Phi) is 4.58. The lowest BCUT2D eigenvalue weighted by molar-refractivity contribution is 0.211. The van der Waals surface area contributed by atoms with Crippen LogP contribution in [-0.2, 0) is 0 Å². The molecule has 0 aliphatic heterocycles. The maximum atomic E-state index is 12.9. The van der Waals surface area contributed by atoms with E-state index in [1.807, 2.05) is 6.07 Å². The molecule has 0 bridgehead atoms. The van der Waals surface area contributed by atoms with E-state index >= 15 is 0 Å². The van der Waals surface area contributed by atoms with Crippen LogP contribution < -0.4 is 4.74 Å². The zero-order valence-electron chi connectivity index (χ0n) is 11.8. The second-order valence-electron chi connectivity index (χ2n) is 4.65. The summed E-state index contributed by atoms with van der Waals surface area (Å²) in [6, 6.07) is 8.02. The molecule has 1 atom stereocenters. The topological polar surface area (TPSA) is 61.0 Å². The summed E-state index contributed by atoms with van der Waals surface area (Å²) in [5, 5.41) is 4.33. The zero-order chi connectivity index (χ0) is 16.4. The molecule has 118 valence electrons. The Hall–Kier alpha value is -1.99. The Balaban J connectivity index is 1.78. The van der Waals surface area contributed by atoms with Crippen LogP contribution in [0.4, 0.5) is 4.39 Å². The molecular weight excluding hydrogens is 389 g/mol. The van der Waals surface area contributed by atoms with E-state index in [2.05, 4.69) is 31.1 Å². The number of nitrogens with zero attached hydrogens (tertiary/aromatic N) is 3.